The fraction of sp³-hybridized carbons (Fsp3) is 0.579. The Balaban J connectivity index is 1.30. The zero-order chi connectivity index (χ0) is 19.2. The molecule has 0 aromatic carbocycles. The lowest BCUT2D eigenvalue weighted by Crippen LogP contribution is -2.59. The molecule has 0 saturated heterocycles. The van der Waals surface area contributed by atoms with Gasteiger partial charge < -0.3 is 14.8 Å². The third kappa shape index (κ3) is 3.93. The molecule has 2 saturated carbocycles. The van der Waals surface area contributed by atoms with Gasteiger partial charge in [-0.1, -0.05) is 0 Å². The third-order valence-electron chi connectivity index (χ3n) is 5.07. The number of amides is 1. The molecule has 0 bridgehead atoms. The van der Waals surface area contributed by atoms with Gasteiger partial charge >= 0.3 is 6.09 Å². The van der Waals surface area contributed by atoms with Crippen molar-refractivity contribution in [1.82, 2.24) is 20.3 Å². The van der Waals surface area contributed by atoms with Crippen molar-refractivity contribution >= 4 is 28.7 Å². The van der Waals surface area contributed by atoms with Crippen LogP contribution < -0.4 is 10.1 Å². The number of ether oxygens (including phenoxy) is 2. The van der Waals surface area contributed by atoms with Gasteiger partial charge in [0, 0.05) is 12.2 Å². The number of aromatic nitrogens is 3. The minimum atomic E-state index is -0.476. The average Bonchev–Trinajstić information content (AvgIpc) is 2.48. The number of carbonyl (C=O) groups is 1. The van der Waals surface area contributed by atoms with E-state index in [1.54, 1.807) is 12.3 Å². The molecule has 2 fully saturated rings. The topological polar surface area (TPSA) is 86.2 Å². The predicted molar refractivity (Wildman–Crippen MR) is 101 cm³/mol. The van der Waals surface area contributed by atoms with Crippen molar-refractivity contribution in [2.45, 2.75) is 64.2 Å². The standard InChI is InChI=1S/C19H23ClN4O3/c1-18(2,3)27-17(25)22-11-7-19(8-11)9-12(10-19)26-15-14-13(5-4-6-21-14)23-16(20)24-15/h4-6,11-12H,7-10H2,1-3H3,(H,22,25). The quantitative estimate of drug-likeness (QED) is 0.800. The van der Waals surface area contributed by atoms with Crippen LogP contribution in [-0.2, 0) is 4.74 Å². The van der Waals surface area contributed by atoms with Crippen LogP contribution in [0.4, 0.5) is 4.79 Å². The lowest BCUT2D eigenvalue weighted by Gasteiger charge is -2.56. The van der Waals surface area contributed by atoms with Crippen LogP contribution in [0, 0.1) is 5.41 Å². The van der Waals surface area contributed by atoms with Crippen molar-refractivity contribution in [2.75, 3.05) is 0 Å². The van der Waals surface area contributed by atoms with Crippen LogP contribution in [0.15, 0.2) is 18.3 Å². The Kier molecular flexibility index (Phi) is 4.37. The molecule has 7 nitrogen and oxygen atoms in total. The van der Waals surface area contributed by atoms with Gasteiger partial charge in [-0.3, -0.25) is 0 Å². The summed E-state index contributed by atoms with van der Waals surface area (Å²) in [6, 6.07) is 3.82. The van der Waals surface area contributed by atoms with Crippen molar-refractivity contribution in [3.8, 4) is 5.88 Å². The smallest absolute Gasteiger partial charge is 0.407 e. The molecule has 2 heterocycles. The summed E-state index contributed by atoms with van der Waals surface area (Å²) in [5.74, 6) is 0.438. The number of fused-ring (bicyclic) bond motifs is 1. The fourth-order valence-electron chi connectivity index (χ4n) is 4.04. The molecule has 144 valence electrons. The van der Waals surface area contributed by atoms with Gasteiger partial charge in [0.15, 0.2) is 5.52 Å². The van der Waals surface area contributed by atoms with Crippen molar-refractivity contribution in [3.05, 3.63) is 23.6 Å². The van der Waals surface area contributed by atoms with Crippen LogP contribution in [0.1, 0.15) is 46.5 Å². The molecule has 8 heteroatoms. The third-order valence-corrected chi connectivity index (χ3v) is 5.24. The number of rotatable bonds is 3. The second kappa shape index (κ2) is 6.48. The van der Waals surface area contributed by atoms with E-state index in [0.717, 1.165) is 25.7 Å². The summed E-state index contributed by atoms with van der Waals surface area (Å²) in [4.78, 5) is 24.5. The average molecular weight is 391 g/mol. The summed E-state index contributed by atoms with van der Waals surface area (Å²) in [5.41, 5.74) is 1.08. The van der Waals surface area contributed by atoms with Crippen LogP contribution in [0.3, 0.4) is 0 Å². The highest BCUT2D eigenvalue weighted by Gasteiger charge is 2.54. The van der Waals surface area contributed by atoms with Crippen molar-refractivity contribution in [3.63, 3.8) is 0 Å². The van der Waals surface area contributed by atoms with Gasteiger partial charge in [0.05, 0.1) is 5.52 Å². The summed E-state index contributed by atoms with van der Waals surface area (Å²) in [6.07, 6.45) is 5.22. The highest BCUT2D eigenvalue weighted by molar-refractivity contribution is 6.28. The van der Waals surface area contributed by atoms with E-state index in [4.69, 9.17) is 21.1 Å². The maximum atomic E-state index is 11.8. The minimum Gasteiger partial charge on any atom is -0.473 e. The molecule has 0 atom stereocenters. The second-order valence-electron chi connectivity index (χ2n) is 8.57. The van der Waals surface area contributed by atoms with Gasteiger partial charge in [-0.2, -0.15) is 4.98 Å². The number of alkyl carbamates (subject to hydrolysis) is 1. The van der Waals surface area contributed by atoms with E-state index < -0.39 is 5.60 Å². The Morgan fingerprint density at radius 1 is 1.26 bits per heavy atom. The highest BCUT2D eigenvalue weighted by atomic mass is 35.5. The summed E-state index contributed by atoms with van der Waals surface area (Å²) in [6.45, 7) is 5.59. The summed E-state index contributed by atoms with van der Waals surface area (Å²) < 4.78 is 11.4. The predicted octanol–water partition coefficient (Wildman–Crippen LogP) is 3.89. The molecule has 4 rings (SSSR count). The first-order chi connectivity index (χ1) is 12.7. The highest BCUT2D eigenvalue weighted by Crippen LogP contribution is 2.56. The number of nitrogens with one attached hydrogen (secondary N) is 1. The molecule has 2 aliphatic carbocycles. The van der Waals surface area contributed by atoms with E-state index >= 15 is 0 Å². The van der Waals surface area contributed by atoms with E-state index in [-0.39, 0.29) is 28.9 Å². The molecular weight excluding hydrogens is 368 g/mol. The Morgan fingerprint density at radius 3 is 2.70 bits per heavy atom. The molecule has 2 aliphatic rings. The van der Waals surface area contributed by atoms with Gasteiger partial charge in [-0.05, 0) is 75.6 Å². The van der Waals surface area contributed by atoms with Crippen LogP contribution in [0.2, 0.25) is 5.28 Å². The first kappa shape index (κ1) is 18.2. The van der Waals surface area contributed by atoms with Gasteiger partial charge in [0.1, 0.15) is 11.7 Å². The monoisotopic (exact) mass is 390 g/mol. The maximum absolute atomic E-state index is 11.8. The van der Waals surface area contributed by atoms with Gasteiger partial charge in [-0.25, -0.2) is 14.8 Å². The van der Waals surface area contributed by atoms with Crippen LogP contribution >= 0.6 is 11.6 Å². The molecule has 0 aliphatic heterocycles. The fourth-order valence-corrected chi connectivity index (χ4v) is 4.21. The first-order valence-electron chi connectivity index (χ1n) is 9.16. The number of halogens is 1. The Morgan fingerprint density at radius 2 is 2.00 bits per heavy atom. The number of nitrogens with zero attached hydrogens (tertiary/aromatic N) is 3. The molecule has 0 unspecified atom stereocenters. The maximum Gasteiger partial charge on any atom is 0.407 e. The zero-order valence-corrected chi connectivity index (χ0v) is 16.4. The number of pyridine rings is 1. The summed E-state index contributed by atoms with van der Waals surface area (Å²) in [7, 11) is 0. The minimum absolute atomic E-state index is 0.0867. The molecular formula is C19H23ClN4O3. The Labute approximate surface area is 162 Å². The molecule has 2 aromatic heterocycles. The van der Waals surface area contributed by atoms with Gasteiger partial charge in [-0.15, -0.1) is 0 Å². The second-order valence-corrected chi connectivity index (χ2v) is 8.91. The largest absolute Gasteiger partial charge is 0.473 e. The molecule has 1 N–H and O–H groups in total. The first-order valence-corrected chi connectivity index (χ1v) is 9.54. The van der Waals surface area contributed by atoms with Gasteiger partial charge in [0.2, 0.25) is 11.2 Å². The van der Waals surface area contributed by atoms with Crippen LogP contribution in [0.25, 0.3) is 11.0 Å². The van der Waals surface area contributed by atoms with Crippen LogP contribution in [0.5, 0.6) is 5.88 Å². The van der Waals surface area contributed by atoms with E-state index in [2.05, 4.69) is 20.3 Å². The molecule has 0 radical (unpaired) electrons. The number of hydrogen-bond donors (Lipinski definition) is 1. The normalized spacial score (nSPS) is 27.0. The number of hydrogen-bond acceptors (Lipinski definition) is 6. The molecule has 27 heavy (non-hydrogen) atoms. The summed E-state index contributed by atoms with van der Waals surface area (Å²) in [5, 5.41) is 3.10. The summed E-state index contributed by atoms with van der Waals surface area (Å²) >= 11 is 5.99. The Hall–Kier alpha value is -2.15. The van der Waals surface area contributed by atoms with E-state index in [9.17, 15) is 4.79 Å². The molecule has 2 aromatic rings. The van der Waals surface area contributed by atoms with Crippen LogP contribution in [-0.4, -0.2) is 38.8 Å². The van der Waals surface area contributed by atoms with Gasteiger partial charge in [0.25, 0.3) is 0 Å². The molecule has 1 amide bonds. The zero-order valence-electron chi connectivity index (χ0n) is 15.7. The lowest BCUT2D eigenvalue weighted by atomic mass is 9.53. The van der Waals surface area contributed by atoms with E-state index in [1.165, 1.54) is 0 Å². The number of carbonyl (C=O) groups excluding carboxylic acids is 1. The lowest BCUT2D eigenvalue weighted by molar-refractivity contribution is -0.0862. The van der Waals surface area contributed by atoms with Crippen molar-refractivity contribution in [1.29, 1.82) is 0 Å². The van der Waals surface area contributed by atoms with E-state index in [1.807, 2.05) is 26.8 Å². The van der Waals surface area contributed by atoms with Crippen molar-refractivity contribution < 1.29 is 14.3 Å². The van der Waals surface area contributed by atoms with E-state index in [0.29, 0.717) is 16.9 Å². The van der Waals surface area contributed by atoms with Crippen molar-refractivity contribution in [2.24, 2.45) is 5.41 Å². The molecule has 1 spiro atoms. The SMILES string of the molecule is CC(C)(C)OC(=O)NC1CC2(C1)CC(Oc1nc(Cl)nc3cccnc13)C2. The Bertz CT molecular complexity index is 869.